The molecule has 1 atom stereocenters. The van der Waals surface area contributed by atoms with Crippen molar-refractivity contribution in [3.63, 3.8) is 0 Å². The van der Waals surface area contributed by atoms with E-state index in [4.69, 9.17) is 0 Å². The quantitative estimate of drug-likeness (QED) is 0.884. The maximum atomic E-state index is 4.49. The van der Waals surface area contributed by atoms with Gasteiger partial charge in [0.2, 0.25) is 0 Å². The third kappa shape index (κ3) is 2.30. The molecule has 5 nitrogen and oxygen atoms in total. The lowest BCUT2D eigenvalue weighted by Gasteiger charge is -2.24. The normalized spacial score (nSPS) is 18.5. The highest BCUT2D eigenvalue weighted by atomic mass is 15.3. The molecule has 0 saturated heterocycles. The Kier molecular flexibility index (Phi) is 3.38. The number of aromatic nitrogens is 4. The van der Waals surface area contributed by atoms with E-state index >= 15 is 0 Å². The lowest BCUT2D eigenvalue weighted by Crippen LogP contribution is -2.25. The second-order valence-electron chi connectivity index (χ2n) is 5.21. The molecule has 19 heavy (non-hydrogen) atoms. The summed E-state index contributed by atoms with van der Waals surface area (Å²) in [6.07, 6.45) is 7.53. The molecule has 0 unspecified atom stereocenters. The second kappa shape index (κ2) is 5.17. The van der Waals surface area contributed by atoms with Gasteiger partial charge in [0.15, 0.2) is 0 Å². The van der Waals surface area contributed by atoms with Crippen LogP contribution in [0.3, 0.4) is 0 Å². The molecule has 0 aromatic carbocycles. The van der Waals surface area contributed by atoms with Gasteiger partial charge < -0.3 is 5.32 Å². The van der Waals surface area contributed by atoms with Crippen LogP contribution in [0.2, 0.25) is 0 Å². The number of hydrogen-bond donors (Lipinski definition) is 2. The molecule has 0 bridgehead atoms. The fraction of sp³-hybridized carbons (Fsp3) is 0.571. The average Bonchev–Trinajstić information content (AvgIpc) is 3.02. The lowest BCUT2D eigenvalue weighted by atomic mass is 9.93. The largest absolute Gasteiger partial charge is 0.306 e. The highest BCUT2D eigenvalue weighted by Gasteiger charge is 2.23. The monoisotopic (exact) mass is 259 g/mol. The molecule has 1 aliphatic rings. The first-order valence-corrected chi connectivity index (χ1v) is 7.06. The molecule has 5 heteroatoms. The van der Waals surface area contributed by atoms with E-state index in [1.807, 2.05) is 12.4 Å². The Hall–Kier alpha value is -1.62. The van der Waals surface area contributed by atoms with Crippen LogP contribution < -0.4 is 5.32 Å². The van der Waals surface area contributed by atoms with E-state index in [1.54, 1.807) is 0 Å². The number of H-pyrrole nitrogens is 1. The van der Waals surface area contributed by atoms with Gasteiger partial charge in [-0.2, -0.15) is 10.2 Å². The molecule has 102 valence electrons. The molecule has 2 heterocycles. The van der Waals surface area contributed by atoms with E-state index in [2.05, 4.69) is 39.1 Å². The van der Waals surface area contributed by atoms with Crippen molar-refractivity contribution in [1.82, 2.24) is 25.3 Å². The number of rotatable bonds is 4. The molecular weight excluding hydrogens is 238 g/mol. The zero-order valence-electron chi connectivity index (χ0n) is 11.6. The third-order valence-corrected chi connectivity index (χ3v) is 4.04. The van der Waals surface area contributed by atoms with E-state index in [9.17, 15) is 0 Å². The predicted molar refractivity (Wildman–Crippen MR) is 73.7 cm³/mol. The third-order valence-electron chi connectivity index (χ3n) is 4.04. The van der Waals surface area contributed by atoms with Crippen LogP contribution in [0.25, 0.3) is 0 Å². The lowest BCUT2D eigenvalue weighted by molar-refractivity contribution is 0.448. The summed E-state index contributed by atoms with van der Waals surface area (Å²) in [5.74, 6) is 0. The van der Waals surface area contributed by atoms with Gasteiger partial charge in [0.05, 0.1) is 12.4 Å². The molecule has 0 radical (unpaired) electrons. The molecule has 0 saturated carbocycles. The number of aromatic amines is 1. The van der Waals surface area contributed by atoms with E-state index in [1.165, 1.54) is 29.7 Å². The number of aryl methyl sites for hydroxylation is 2. The van der Waals surface area contributed by atoms with Gasteiger partial charge in [-0.1, -0.05) is 0 Å². The van der Waals surface area contributed by atoms with Crippen LogP contribution in [0.5, 0.6) is 0 Å². The summed E-state index contributed by atoms with van der Waals surface area (Å²) in [6.45, 7) is 6.04. The standard InChI is InChI=1S/C14H21N5/c1-3-19-14-6-4-5-13(12(14)9-17-19)15-7-11-8-16-18-10(11)2/h8-9,13,15H,3-7H2,1-2H3,(H,16,18)/t13-/m0/s1. The van der Waals surface area contributed by atoms with E-state index in [-0.39, 0.29) is 0 Å². The van der Waals surface area contributed by atoms with Crippen molar-refractivity contribution in [3.8, 4) is 0 Å². The molecule has 0 amide bonds. The number of nitrogens with one attached hydrogen (secondary N) is 2. The summed E-state index contributed by atoms with van der Waals surface area (Å²) in [7, 11) is 0. The highest BCUT2D eigenvalue weighted by molar-refractivity contribution is 5.25. The first-order chi connectivity index (χ1) is 9.29. The molecule has 0 spiro atoms. The van der Waals surface area contributed by atoms with Crippen molar-refractivity contribution in [2.75, 3.05) is 0 Å². The van der Waals surface area contributed by atoms with Gasteiger partial charge in [0.25, 0.3) is 0 Å². The SMILES string of the molecule is CCn1ncc2c1CCC[C@@H]2NCc1cn[nH]c1C. The van der Waals surface area contributed by atoms with Gasteiger partial charge in [0, 0.05) is 41.6 Å². The van der Waals surface area contributed by atoms with Gasteiger partial charge in [-0.25, -0.2) is 0 Å². The molecule has 0 aliphatic heterocycles. The van der Waals surface area contributed by atoms with Crippen molar-refractivity contribution in [2.24, 2.45) is 0 Å². The zero-order chi connectivity index (χ0) is 13.2. The van der Waals surface area contributed by atoms with Gasteiger partial charge >= 0.3 is 0 Å². The highest BCUT2D eigenvalue weighted by Crippen LogP contribution is 2.29. The Morgan fingerprint density at radius 2 is 2.37 bits per heavy atom. The Morgan fingerprint density at radius 3 is 3.11 bits per heavy atom. The van der Waals surface area contributed by atoms with E-state index < -0.39 is 0 Å². The Labute approximate surface area is 113 Å². The molecule has 1 aliphatic carbocycles. The number of hydrogen-bond acceptors (Lipinski definition) is 3. The topological polar surface area (TPSA) is 58.5 Å². The van der Waals surface area contributed by atoms with Gasteiger partial charge in [-0.3, -0.25) is 9.78 Å². The predicted octanol–water partition coefficient (Wildman–Crippen LogP) is 2.10. The van der Waals surface area contributed by atoms with Crippen molar-refractivity contribution >= 4 is 0 Å². The van der Waals surface area contributed by atoms with Crippen LogP contribution in [-0.2, 0) is 19.5 Å². The molecule has 0 fully saturated rings. The van der Waals surface area contributed by atoms with Crippen molar-refractivity contribution in [1.29, 1.82) is 0 Å². The summed E-state index contributed by atoms with van der Waals surface area (Å²) in [4.78, 5) is 0. The fourth-order valence-corrected chi connectivity index (χ4v) is 2.89. The van der Waals surface area contributed by atoms with Crippen molar-refractivity contribution < 1.29 is 0 Å². The second-order valence-corrected chi connectivity index (χ2v) is 5.21. The van der Waals surface area contributed by atoms with Crippen LogP contribution in [0.1, 0.15) is 48.3 Å². The first-order valence-electron chi connectivity index (χ1n) is 7.06. The molecule has 3 rings (SSSR count). The van der Waals surface area contributed by atoms with Crippen LogP contribution >= 0.6 is 0 Å². The molecule has 2 aromatic heterocycles. The Balaban J connectivity index is 1.73. The van der Waals surface area contributed by atoms with Crippen LogP contribution in [-0.4, -0.2) is 20.0 Å². The Morgan fingerprint density at radius 1 is 1.47 bits per heavy atom. The maximum Gasteiger partial charge on any atom is 0.0540 e. The van der Waals surface area contributed by atoms with Crippen molar-refractivity contribution in [3.05, 3.63) is 34.9 Å². The van der Waals surface area contributed by atoms with E-state index in [0.29, 0.717) is 6.04 Å². The van der Waals surface area contributed by atoms with Gasteiger partial charge in [-0.15, -0.1) is 0 Å². The summed E-state index contributed by atoms with van der Waals surface area (Å²) in [6, 6.07) is 0.429. The molecular formula is C14H21N5. The van der Waals surface area contributed by atoms with Crippen LogP contribution in [0.4, 0.5) is 0 Å². The first kappa shape index (κ1) is 12.4. The number of fused-ring (bicyclic) bond motifs is 1. The minimum absolute atomic E-state index is 0.429. The van der Waals surface area contributed by atoms with E-state index in [0.717, 1.165) is 25.2 Å². The zero-order valence-corrected chi connectivity index (χ0v) is 11.6. The van der Waals surface area contributed by atoms with Crippen LogP contribution in [0, 0.1) is 6.92 Å². The Bertz CT molecular complexity index is 554. The fourth-order valence-electron chi connectivity index (χ4n) is 2.89. The summed E-state index contributed by atoms with van der Waals surface area (Å²) >= 11 is 0. The maximum absolute atomic E-state index is 4.49. The minimum atomic E-state index is 0.429. The van der Waals surface area contributed by atoms with Gasteiger partial charge in [-0.05, 0) is 33.1 Å². The molecule has 2 N–H and O–H groups in total. The average molecular weight is 259 g/mol. The number of nitrogens with zero attached hydrogens (tertiary/aromatic N) is 3. The summed E-state index contributed by atoms with van der Waals surface area (Å²) < 4.78 is 2.13. The molecule has 2 aromatic rings. The van der Waals surface area contributed by atoms with Crippen LogP contribution in [0.15, 0.2) is 12.4 Å². The van der Waals surface area contributed by atoms with Gasteiger partial charge in [0.1, 0.15) is 0 Å². The minimum Gasteiger partial charge on any atom is -0.306 e. The smallest absolute Gasteiger partial charge is 0.0540 e. The van der Waals surface area contributed by atoms with Crippen molar-refractivity contribution in [2.45, 2.75) is 52.2 Å². The summed E-state index contributed by atoms with van der Waals surface area (Å²) in [5, 5.41) is 15.2. The summed E-state index contributed by atoms with van der Waals surface area (Å²) in [5.41, 5.74) is 5.19.